The summed E-state index contributed by atoms with van der Waals surface area (Å²) in [6.45, 7) is 8.61. The first-order valence-electron chi connectivity index (χ1n) is 19.2. The van der Waals surface area contributed by atoms with Gasteiger partial charge in [0, 0.05) is 31.2 Å². The molecule has 2 aromatic rings. The molecule has 3 saturated heterocycles. The third-order valence-corrected chi connectivity index (χ3v) is 12.2. The highest BCUT2D eigenvalue weighted by atomic mass is 32.1. The van der Waals surface area contributed by atoms with Crippen molar-refractivity contribution in [3.63, 3.8) is 0 Å². The van der Waals surface area contributed by atoms with Crippen molar-refractivity contribution < 1.29 is 37.1 Å². The van der Waals surface area contributed by atoms with Crippen molar-refractivity contribution in [2.24, 2.45) is 5.92 Å². The molecule has 56 heavy (non-hydrogen) atoms. The van der Waals surface area contributed by atoms with Crippen LogP contribution in [0.5, 0.6) is 0 Å². The Hall–Kier alpha value is -4.46. The third kappa shape index (κ3) is 8.74. The number of thiocarbonyl (C=S) groups is 1. The van der Waals surface area contributed by atoms with Gasteiger partial charge in [-0.05, 0) is 128 Å². The van der Waals surface area contributed by atoms with E-state index in [1.54, 1.807) is 32.0 Å². The van der Waals surface area contributed by atoms with E-state index in [1.807, 2.05) is 4.90 Å². The maximum atomic E-state index is 13.7. The summed E-state index contributed by atoms with van der Waals surface area (Å²) in [6.07, 6.45) is 3.23. The van der Waals surface area contributed by atoms with Gasteiger partial charge in [0.25, 0.3) is 5.91 Å². The number of rotatable bonds is 10. The predicted molar refractivity (Wildman–Crippen MR) is 205 cm³/mol. The summed E-state index contributed by atoms with van der Waals surface area (Å²) in [5, 5.41) is 14.6. The number of amides is 4. The van der Waals surface area contributed by atoms with Crippen LogP contribution in [0.15, 0.2) is 36.5 Å². The summed E-state index contributed by atoms with van der Waals surface area (Å²) >= 11 is 5.74. The van der Waals surface area contributed by atoms with Crippen LogP contribution < -0.4 is 15.5 Å². The van der Waals surface area contributed by atoms with Gasteiger partial charge in [-0.15, -0.1) is 0 Å². The van der Waals surface area contributed by atoms with Crippen LogP contribution in [0.2, 0.25) is 0 Å². The summed E-state index contributed by atoms with van der Waals surface area (Å²) in [4.78, 5) is 59.9. The van der Waals surface area contributed by atoms with Crippen LogP contribution >= 0.6 is 12.2 Å². The number of hydrogen-bond donors (Lipinski definition) is 2. The van der Waals surface area contributed by atoms with E-state index in [2.05, 4.69) is 34.4 Å². The average molecular weight is 796 g/mol. The van der Waals surface area contributed by atoms with Crippen LogP contribution in [0.3, 0.4) is 0 Å². The fourth-order valence-corrected chi connectivity index (χ4v) is 9.43. The first kappa shape index (κ1) is 41.2. The maximum Gasteiger partial charge on any atom is 0.417 e. The normalized spacial score (nSPS) is 27.2. The molecule has 1 aromatic carbocycles. The highest BCUT2D eigenvalue weighted by Crippen LogP contribution is 2.41. The number of imide groups is 1. The molecule has 1 saturated carbocycles. The molecule has 4 fully saturated rings. The second-order valence-electron chi connectivity index (χ2n) is 16.0. The Morgan fingerprint density at radius 3 is 2.38 bits per heavy atom. The second kappa shape index (κ2) is 16.6. The number of pyridine rings is 1. The SMILES string of the molecule is CC1CC(CCOC2CCC(N3C(=S)N(c4ccc(C#N)c(C(F)(F)F)c4)C(=O)C3(C)C)CC2)CC(C)N1CC(=O)Nc1ccc(C2CCC(=O)NC2=O)nc1. The molecular weight excluding hydrogens is 748 g/mol. The van der Waals surface area contributed by atoms with E-state index >= 15 is 0 Å². The Morgan fingerprint density at radius 2 is 1.77 bits per heavy atom. The van der Waals surface area contributed by atoms with E-state index in [1.165, 1.54) is 12.3 Å². The molecule has 300 valence electrons. The molecule has 3 aliphatic heterocycles. The van der Waals surface area contributed by atoms with Gasteiger partial charge in [0.1, 0.15) is 5.54 Å². The van der Waals surface area contributed by atoms with Crippen LogP contribution in [-0.4, -0.2) is 86.4 Å². The van der Waals surface area contributed by atoms with Crippen molar-refractivity contribution >= 4 is 52.3 Å². The van der Waals surface area contributed by atoms with E-state index in [4.69, 9.17) is 17.0 Å². The molecule has 2 N–H and O–H groups in total. The first-order chi connectivity index (χ1) is 26.5. The van der Waals surface area contributed by atoms with Crippen molar-refractivity contribution in [3.8, 4) is 6.07 Å². The molecule has 3 atom stereocenters. The number of ether oxygens (including phenoxy) is 1. The summed E-state index contributed by atoms with van der Waals surface area (Å²) in [5.74, 6) is -1.23. The number of anilines is 2. The molecule has 0 radical (unpaired) electrons. The van der Waals surface area contributed by atoms with Crippen LogP contribution in [-0.2, 0) is 30.1 Å². The molecule has 3 unspecified atom stereocenters. The lowest BCUT2D eigenvalue weighted by molar-refractivity contribution is -0.138. The molecule has 1 aliphatic carbocycles. The largest absolute Gasteiger partial charge is 0.417 e. The van der Waals surface area contributed by atoms with Crippen molar-refractivity contribution in [1.29, 1.82) is 5.26 Å². The first-order valence-corrected chi connectivity index (χ1v) is 19.6. The van der Waals surface area contributed by atoms with E-state index in [0.717, 1.165) is 49.1 Å². The highest BCUT2D eigenvalue weighted by Gasteiger charge is 2.52. The number of halogens is 3. The summed E-state index contributed by atoms with van der Waals surface area (Å²) in [6, 6.07) is 8.54. The molecule has 4 heterocycles. The number of aromatic nitrogens is 1. The zero-order chi connectivity index (χ0) is 40.5. The van der Waals surface area contributed by atoms with Gasteiger partial charge in [-0.2, -0.15) is 18.4 Å². The number of alkyl halides is 3. The van der Waals surface area contributed by atoms with Crippen LogP contribution in [0.4, 0.5) is 24.5 Å². The van der Waals surface area contributed by atoms with E-state index in [0.29, 0.717) is 43.2 Å². The lowest BCUT2D eigenvalue weighted by Crippen LogP contribution is -2.51. The summed E-state index contributed by atoms with van der Waals surface area (Å²) in [7, 11) is 0. The number of nitrogens with one attached hydrogen (secondary N) is 2. The second-order valence-corrected chi connectivity index (χ2v) is 16.4. The third-order valence-electron chi connectivity index (χ3n) is 11.8. The molecule has 0 bridgehead atoms. The molecule has 0 spiro atoms. The number of likely N-dealkylation sites (tertiary alicyclic amines) is 1. The van der Waals surface area contributed by atoms with Crippen LogP contribution in [0, 0.1) is 17.2 Å². The molecule has 6 rings (SSSR count). The van der Waals surface area contributed by atoms with Crippen molar-refractivity contribution in [1.82, 2.24) is 20.1 Å². The Balaban J connectivity index is 0.942. The molecule has 12 nitrogen and oxygen atoms in total. The molecular formula is C40H48F3N7O5S. The van der Waals surface area contributed by atoms with Gasteiger partial charge in [-0.1, -0.05) is 0 Å². The summed E-state index contributed by atoms with van der Waals surface area (Å²) in [5.41, 5.74) is -1.59. The topological polar surface area (TPSA) is 148 Å². The minimum atomic E-state index is -4.76. The van der Waals surface area contributed by atoms with E-state index in [9.17, 15) is 37.6 Å². The maximum absolute atomic E-state index is 13.7. The lowest BCUT2D eigenvalue weighted by Gasteiger charge is -2.42. The number of benzene rings is 1. The summed E-state index contributed by atoms with van der Waals surface area (Å²) < 4.78 is 47.5. The minimum absolute atomic E-state index is 0.00939. The van der Waals surface area contributed by atoms with Crippen molar-refractivity contribution in [3.05, 3.63) is 53.3 Å². The fraction of sp³-hybridized carbons (Fsp3) is 0.575. The van der Waals surface area contributed by atoms with Crippen molar-refractivity contribution in [2.75, 3.05) is 23.4 Å². The van der Waals surface area contributed by atoms with Gasteiger partial charge >= 0.3 is 6.18 Å². The zero-order valence-corrected chi connectivity index (χ0v) is 32.8. The van der Waals surface area contributed by atoms with Gasteiger partial charge in [-0.25, -0.2) is 0 Å². The molecule has 1 aromatic heterocycles. The highest BCUT2D eigenvalue weighted by molar-refractivity contribution is 7.80. The number of nitrogens with zero attached hydrogens (tertiary/aromatic N) is 5. The van der Waals surface area contributed by atoms with E-state index in [-0.39, 0.29) is 65.7 Å². The Kier molecular flexibility index (Phi) is 12.2. The Labute approximate surface area is 330 Å². The van der Waals surface area contributed by atoms with Gasteiger partial charge in [0.15, 0.2) is 5.11 Å². The molecule has 4 aliphatic rings. The molecule has 16 heteroatoms. The fourth-order valence-electron chi connectivity index (χ4n) is 8.87. The van der Waals surface area contributed by atoms with Crippen LogP contribution in [0.25, 0.3) is 0 Å². The standard InChI is InChI=1S/C40H48F3N7O5S/c1-23-17-25(18-24(2)48(23)22-35(52)46-27-6-13-33(45-21-27)31-12-14-34(51)47-36(31)53)15-16-55-30-10-8-28(9-11-30)50-38(56)49(37(54)39(50,3)4)29-7-5-26(20-44)32(19-29)40(41,42)43/h5-7,13,19,21,23-25,28,30-31H,8-12,14-18,22H2,1-4H3,(H,46,52)(H,47,51,53). The predicted octanol–water partition coefficient (Wildman–Crippen LogP) is 6.05. The average Bonchev–Trinajstić information content (AvgIpc) is 3.32. The number of nitriles is 1. The number of carbonyl (C=O) groups is 4. The van der Waals surface area contributed by atoms with Gasteiger partial charge in [0.2, 0.25) is 17.7 Å². The lowest BCUT2D eigenvalue weighted by atomic mass is 9.85. The van der Waals surface area contributed by atoms with Crippen LogP contribution in [0.1, 0.15) is 108 Å². The number of piperidine rings is 2. The zero-order valence-electron chi connectivity index (χ0n) is 32.0. The van der Waals surface area contributed by atoms with Gasteiger partial charge in [-0.3, -0.25) is 39.3 Å². The number of carbonyl (C=O) groups excluding carboxylic acids is 4. The Bertz CT molecular complexity index is 1880. The van der Waals surface area contributed by atoms with E-state index < -0.39 is 34.7 Å². The Morgan fingerprint density at radius 1 is 1.07 bits per heavy atom. The minimum Gasteiger partial charge on any atom is -0.378 e. The van der Waals surface area contributed by atoms with Gasteiger partial charge in [0.05, 0.1) is 59.0 Å². The number of hydrogen-bond acceptors (Lipinski definition) is 9. The smallest absolute Gasteiger partial charge is 0.378 e. The molecule has 4 amide bonds. The van der Waals surface area contributed by atoms with Crippen molar-refractivity contribution in [2.45, 2.75) is 127 Å². The quantitative estimate of drug-likeness (QED) is 0.215. The van der Waals surface area contributed by atoms with Gasteiger partial charge < -0.3 is 15.0 Å². The monoisotopic (exact) mass is 795 g/mol.